The van der Waals surface area contributed by atoms with Crippen LogP contribution in [0, 0.1) is 17.5 Å². The van der Waals surface area contributed by atoms with Crippen LogP contribution in [0.2, 0.25) is 0 Å². The first-order chi connectivity index (χ1) is 9.36. The Balaban J connectivity index is 2.78. The molecule has 0 aliphatic heterocycles. The van der Waals surface area contributed by atoms with Crippen molar-refractivity contribution in [2.24, 2.45) is 0 Å². The van der Waals surface area contributed by atoms with Gasteiger partial charge in [0, 0.05) is 13.1 Å². The van der Waals surface area contributed by atoms with Gasteiger partial charge >= 0.3 is 12.0 Å². The number of benzene rings is 1. The van der Waals surface area contributed by atoms with Crippen molar-refractivity contribution in [3.63, 3.8) is 0 Å². The second-order valence-corrected chi connectivity index (χ2v) is 3.88. The third-order valence-electron chi connectivity index (χ3n) is 2.54. The molecular formula is C12H13F3N2O3. The molecule has 0 heterocycles. The summed E-state index contributed by atoms with van der Waals surface area (Å²) in [6.07, 6.45) is -0.276. The average Bonchev–Trinajstić information content (AvgIpc) is 2.40. The average molecular weight is 290 g/mol. The van der Waals surface area contributed by atoms with E-state index < -0.39 is 35.1 Å². The van der Waals surface area contributed by atoms with E-state index in [1.807, 2.05) is 0 Å². The van der Waals surface area contributed by atoms with Crippen molar-refractivity contribution < 1.29 is 27.9 Å². The Hall–Kier alpha value is -2.25. The molecule has 1 aromatic carbocycles. The molecule has 8 heteroatoms. The molecule has 2 amide bonds. The Kier molecular flexibility index (Phi) is 5.36. The second-order valence-electron chi connectivity index (χ2n) is 3.88. The lowest BCUT2D eigenvalue weighted by atomic mass is 10.3. The Morgan fingerprint density at radius 1 is 1.25 bits per heavy atom. The van der Waals surface area contributed by atoms with E-state index >= 15 is 0 Å². The zero-order valence-electron chi connectivity index (χ0n) is 10.6. The molecule has 0 radical (unpaired) electrons. The van der Waals surface area contributed by atoms with E-state index in [0.717, 1.165) is 11.0 Å². The minimum atomic E-state index is -1.68. The first kappa shape index (κ1) is 15.8. The molecule has 0 saturated carbocycles. The fourth-order valence-corrected chi connectivity index (χ4v) is 1.45. The van der Waals surface area contributed by atoms with E-state index in [1.165, 1.54) is 0 Å². The van der Waals surface area contributed by atoms with Crippen LogP contribution in [-0.4, -0.2) is 35.1 Å². The summed E-state index contributed by atoms with van der Waals surface area (Å²) in [5.74, 6) is -5.64. The highest BCUT2D eigenvalue weighted by Crippen LogP contribution is 2.19. The van der Waals surface area contributed by atoms with Gasteiger partial charge in [0.15, 0.2) is 17.5 Å². The molecular weight excluding hydrogens is 277 g/mol. The molecule has 1 rings (SSSR count). The maximum Gasteiger partial charge on any atom is 0.321 e. The minimum Gasteiger partial charge on any atom is -0.481 e. The van der Waals surface area contributed by atoms with E-state index in [4.69, 9.17) is 5.11 Å². The van der Waals surface area contributed by atoms with Gasteiger partial charge in [-0.3, -0.25) is 4.79 Å². The van der Waals surface area contributed by atoms with Crippen LogP contribution in [0.3, 0.4) is 0 Å². The Morgan fingerprint density at radius 2 is 1.90 bits per heavy atom. The number of nitrogens with zero attached hydrogens (tertiary/aromatic N) is 1. The summed E-state index contributed by atoms with van der Waals surface area (Å²) in [6, 6.07) is 0.775. The fourth-order valence-electron chi connectivity index (χ4n) is 1.45. The van der Waals surface area contributed by atoms with Crippen LogP contribution in [0.15, 0.2) is 12.1 Å². The number of amides is 2. The molecule has 0 bridgehead atoms. The highest BCUT2D eigenvalue weighted by Gasteiger charge is 2.18. The summed E-state index contributed by atoms with van der Waals surface area (Å²) < 4.78 is 39.1. The number of anilines is 1. The van der Waals surface area contributed by atoms with Gasteiger partial charge in [0.2, 0.25) is 0 Å². The topological polar surface area (TPSA) is 69.6 Å². The predicted octanol–water partition coefficient (Wildman–Crippen LogP) is 2.43. The number of hydrogen-bond donors (Lipinski definition) is 2. The van der Waals surface area contributed by atoms with Gasteiger partial charge in [0.1, 0.15) is 0 Å². The number of carboxylic acid groups (broad SMARTS) is 1. The van der Waals surface area contributed by atoms with Gasteiger partial charge in [-0.2, -0.15) is 0 Å². The highest BCUT2D eigenvalue weighted by molar-refractivity contribution is 5.89. The lowest BCUT2D eigenvalue weighted by molar-refractivity contribution is -0.137. The monoisotopic (exact) mass is 290 g/mol. The van der Waals surface area contributed by atoms with Crippen molar-refractivity contribution in [1.29, 1.82) is 0 Å². The summed E-state index contributed by atoms with van der Waals surface area (Å²) in [5.41, 5.74) is -0.511. The molecule has 20 heavy (non-hydrogen) atoms. The minimum absolute atomic E-state index is 0.0804. The number of carbonyl (C=O) groups is 2. The molecule has 0 fully saturated rings. The van der Waals surface area contributed by atoms with Crippen molar-refractivity contribution in [3.05, 3.63) is 29.6 Å². The van der Waals surface area contributed by atoms with Gasteiger partial charge in [0.25, 0.3) is 0 Å². The number of rotatable bonds is 5. The van der Waals surface area contributed by atoms with E-state index in [9.17, 15) is 22.8 Å². The molecule has 0 atom stereocenters. The molecule has 0 aliphatic carbocycles. The molecule has 110 valence electrons. The van der Waals surface area contributed by atoms with E-state index in [0.29, 0.717) is 6.07 Å². The molecule has 0 aromatic heterocycles. The summed E-state index contributed by atoms with van der Waals surface area (Å²) in [4.78, 5) is 23.3. The second kappa shape index (κ2) is 6.78. The van der Waals surface area contributed by atoms with Crippen LogP contribution in [0.4, 0.5) is 23.7 Å². The Labute approximate surface area is 113 Å². The summed E-state index contributed by atoms with van der Waals surface area (Å²) in [6.45, 7) is 1.70. The summed E-state index contributed by atoms with van der Waals surface area (Å²) >= 11 is 0. The third-order valence-corrected chi connectivity index (χ3v) is 2.54. The fraction of sp³-hybridized carbons (Fsp3) is 0.333. The van der Waals surface area contributed by atoms with Gasteiger partial charge in [-0.25, -0.2) is 18.0 Å². The smallest absolute Gasteiger partial charge is 0.321 e. The molecule has 1 aromatic rings. The molecule has 0 spiro atoms. The summed E-state index contributed by atoms with van der Waals surface area (Å²) in [5, 5.41) is 10.6. The van der Waals surface area contributed by atoms with Gasteiger partial charge < -0.3 is 15.3 Å². The normalized spacial score (nSPS) is 10.2. The van der Waals surface area contributed by atoms with Gasteiger partial charge in [0.05, 0.1) is 12.1 Å². The van der Waals surface area contributed by atoms with Crippen LogP contribution >= 0.6 is 0 Å². The molecule has 0 aliphatic rings. The van der Waals surface area contributed by atoms with Gasteiger partial charge in [-0.15, -0.1) is 0 Å². The molecule has 0 saturated heterocycles. The van der Waals surface area contributed by atoms with Crippen LogP contribution in [0.1, 0.15) is 13.3 Å². The zero-order chi connectivity index (χ0) is 15.3. The number of carbonyl (C=O) groups excluding carboxylic acids is 1. The third kappa shape index (κ3) is 3.87. The Bertz CT molecular complexity index is 523. The number of nitrogens with one attached hydrogen (secondary N) is 1. The quantitative estimate of drug-likeness (QED) is 0.818. The summed E-state index contributed by atoms with van der Waals surface area (Å²) in [7, 11) is 0. The SMILES string of the molecule is CCN(CCC(=O)O)C(=O)Nc1ccc(F)c(F)c1F. The van der Waals surface area contributed by atoms with E-state index in [-0.39, 0.29) is 19.5 Å². The lowest BCUT2D eigenvalue weighted by Gasteiger charge is -2.20. The van der Waals surface area contributed by atoms with Crippen molar-refractivity contribution >= 4 is 17.7 Å². The van der Waals surface area contributed by atoms with Crippen LogP contribution < -0.4 is 5.32 Å². The molecule has 2 N–H and O–H groups in total. The Morgan fingerprint density at radius 3 is 2.45 bits per heavy atom. The van der Waals surface area contributed by atoms with Crippen LogP contribution in [-0.2, 0) is 4.79 Å². The maximum absolute atomic E-state index is 13.4. The first-order valence-electron chi connectivity index (χ1n) is 5.78. The standard InChI is InChI=1S/C12H13F3N2O3/c1-2-17(6-5-9(18)19)12(20)16-8-4-3-7(13)10(14)11(8)15/h3-4H,2,5-6H2,1H3,(H,16,20)(H,18,19). The van der Waals surface area contributed by atoms with Crippen molar-refractivity contribution in [3.8, 4) is 0 Å². The van der Waals surface area contributed by atoms with Crippen molar-refractivity contribution in [2.45, 2.75) is 13.3 Å². The number of halogens is 3. The van der Waals surface area contributed by atoms with Crippen molar-refractivity contribution in [1.82, 2.24) is 4.90 Å². The maximum atomic E-state index is 13.4. The van der Waals surface area contributed by atoms with E-state index in [1.54, 1.807) is 6.92 Å². The number of carboxylic acids is 1. The predicted molar refractivity (Wildman–Crippen MR) is 64.8 cm³/mol. The number of hydrogen-bond acceptors (Lipinski definition) is 2. The number of aliphatic carboxylic acids is 1. The largest absolute Gasteiger partial charge is 0.481 e. The highest BCUT2D eigenvalue weighted by atomic mass is 19.2. The van der Waals surface area contributed by atoms with Gasteiger partial charge in [-0.05, 0) is 19.1 Å². The van der Waals surface area contributed by atoms with Crippen LogP contribution in [0.5, 0.6) is 0 Å². The zero-order valence-corrected chi connectivity index (χ0v) is 10.6. The lowest BCUT2D eigenvalue weighted by Crippen LogP contribution is -2.36. The van der Waals surface area contributed by atoms with Crippen LogP contribution in [0.25, 0.3) is 0 Å². The van der Waals surface area contributed by atoms with Gasteiger partial charge in [-0.1, -0.05) is 0 Å². The van der Waals surface area contributed by atoms with E-state index in [2.05, 4.69) is 5.32 Å². The van der Waals surface area contributed by atoms with Crippen molar-refractivity contribution in [2.75, 3.05) is 18.4 Å². The number of urea groups is 1. The molecule has 0 unspecified atom stereocenters. The molecule has 5 nitrogen and oxygen atoms in total. The first-order valence-corrected chi connectivity index (χ1v) is 5.78.